The molecular formula is C24H39IN4O2. The molecule has 1 saturated carbocycles. The maximum Gasteiger partial charge on any atom is 0.230 e. The van der Waals surface area contributed by atoms with E-state index in [4.69, 9.17) is 9.73 Å². The Bertz CT molecular complexity index is 705. The summed E-state index contributed by atoms with van der Waals surface area (Å²) in [5.41, 5.74) is 0.900. The Labute approximate surface area is 204 Å². The molecule has 3 rings (SSSR count). The number of ether oxygens (including phenoxy) is 1. The fourth-order valence-corrected chi connectivity index (χ4v) is 4.70. The van der Waals surface area contributed by atoms with Crippen LogP contribution in [0.5, 0.6) is 0 Å². The van der Waals surface area contributed by atoms with Crippen molar-refractivity contribution in [1.29, 1.82) is 0 Å². The van der Waals surface area contributed by atoms with Crippen LogP contribution in [0.2, 0.25) is 0 Å². The largest absolute Gasteiger partial charge is 0.376 e. The maximum absolute atomic E-state index is 12.9. The van der Waals surface area contributed by atoms with Gasteiger partial charge in [0.15, 0.2) is 5.96 Å². The maximum atomic E-state index is 12.9. The van der Waals surface area contributed by atoms with Gasteiger partial charge in [0.05, 0.1) is 25.2 Å². The fourth-order valence-electron chi connectivity index (χ4n) is 4.70. The monoisotopic (exact) mass is 542 g/mol. The molecule has 1 heterocycles. The van der Waals surface area contributed by atoms with E-state index in [-0.39, 0.29) is 35.3 Å². The molecule has 1 aromatic carbocycles. The van der Waals surface area contributed by atoms with Crippen molar-refractivity contribution in [3.63, 3.8) is 0 Å². The zero-order valence-corrected chi connectivity index (χ0v) is 21.6. The summed E-state index contributed by atoms with van der Waals surface area (Å²) < 4.78 is 5.97. The number of amides is 1. The molecule has 1 aromatic rings. The number of hydrogen-bond donors (Lipinski definition) is 1. The van der Waals surface area contributed by atoms with Crippen LogP contribution in [0.4, 0.5) is 0 Å². The predicted molar refractivity (Wildman–Crippen MR) is 137 cm³/mol. The smallest absolute Gasteiger partial charge is 0.230 e. The number of nitrogens with one attached hydrogen (secondary N) is 1. The van der Waals surface area contributed by atoms with Crippen molar-refractivity contribution in [1.82, 2.24) is 15.1 Å². The first-order chi connectivity index (χ1) is 14.5. The van der Waals surface area contributed by atoms with Gasteiger partial charge in [-0.15, -0.1) is 24.0 Å². The molecular weight excluding hydrogens is 503 g/mol. The first kappa shape index (κ1) is 25.9. The van der Waals surface area contributed by atoms with Crippen molar-refractivity contribution in [2.24, 2.45) is 16.3 Å². The predicted octanol–water partition coefficient (Wildman–Crippen LogP) is 3.76. The number of carbonyl (C=O) groups excluding carboxylic acids is 1. The number of likely N-dealkylation sites (tertiary alicyclic amines) is 1. The SMILES string of the molecule is CCNC(=NCC1(C(=O)N(C)C)CCCC1)N1CCC(COCc2ccccc2)C1.I. The summed E-state index contributed by atoms with van der Waals surface area (Å²) in [5, 5.41) is 3.45. The van der Waals surface area contributed by atoms with E-state index in [0.717, 1.165) is 64.3 Å². The summed E-state index contributed by atoms with van der Waals surface area (Å²) in [5.74, 6) is 1.69. The van der Waals surface area contributed by atoms with Crippen molar-refractivity contribution in [3.8, 4) is 0 Å². The van der Waals surface area contributed by atoms with Gasteiger partial charge in [-0.05, 0) is 31.7 Å². The Morgan fingerprint density at radius 3 is 2.61 bits per heavy atom. The molecule has 2 aliphatic rings. The van der Waals surface area contributed by atoms with Gasteiger partial charge in [-0.1, -0.05) is 43.2 Å². The van der Waals surface area contributed by atoms with Gasteiger partial charge in [0.2, 0.25) is 5.91 Å². The molecule has 0 radical (unpaired) electrons. The van der Waals surface area contributed by atoms with E-state index in [1.165, 1.54) is 5.56 Å². The second-order valence-corrected chi connectivity index (χ2v) is 8.96. The third kappa shape index (κ3) is 7.07. The van der Waals surface area contributed by atoms with Crippen LogP contribution in [0.25, 0.3) is 0 Å². The van der Waals surface area contributed by atoms with E-state index in [9.17, 15) is 4.79 Å². The lowest BCUT2D eigenvalue weighted by Crippen LogP contribution is -2.44. The normalized spacial score (nSPS) is 20.4. The molecule has 0 spiro atoms. The van der Waals surface area contributed by atoms with Gasteiger partial charge in [-0.2, -0.15) is 0 Å². The topological polar surface area (TPSA) is 57.2 Å². The highest BCUT2D eigenvalue weighted by atomic mass is 127. The lowest BCUT2D eigenvalue weighted by molar-refractivity contribution is -0.138. The van der Waals surface area contributed by atoms with Gasteiger partial charge in [0, 0.05) is 39.6 Å². The number of carbonyl (C=O) groups is 1. The van der Waals surface area contributed by atoms with Crippen LogP contribution in [0.15, 0.2) is 35.3 Å². The Balaban J connectivity index is 0.00000341. The van der Waals surface area contributed by atoms with Crippen molar-refractivity contribution in [3.05, 3.63) is 35.9 Å². The third-order valence-corrected chi connectivity index (χ3v) is 6.34. The number of guanidine groups is 1. The number of aliphatic imine (C=N–C) groups is 1. The number of benzene rings is 1. The third-order valence-electron chi connectivity index (χ3n) is 6.34. The highest BCUT2D eigenvalue weighted by Gasteiger charge is 2.42. The number of rotatable bonds is 8. The molecule has 1 amide bonds. The van der Waals surface area contributed by atoms with Crippen LogP contribution < -0.4 is 5.32 Å². The fraction of sp³-hybridized carbons (Fsp3) is 0.667. The van der Waals surface area contributed by atoms with E-state index in [2.05, 4.69) is 29.3 Å². The molecule has 1 saturated heterocycles. The Hall–Kier alpha value is -1.35. The lowest BCUT2D eigenvalue weighted by Gasteiger charge is -2.30. The van der Waals surface area contributed by atoms with Crippen molar-refractivity contribution >= 4 is 35.8 Å². The van der Waals surface area contributed by atoms with Crippen molar-refractivity contribution < 1.29 is 9.53 Å². The summed E-state index contributed by atoms with van der Waals surface area (Å²) >= 11 is 0. The van der Waals surface area contributed by atoms with E-state index < -0.39 is 0 Å². The Morgan fingerprint density at radius 2 is 1.97 bits per heavy atom. The Morgan fingerprint density at radius 1 is 1.26 bits per heavy atom. The summed E-state index contributed by atoms with van der Waals surface area (Å²) in [6.45, 7) is 6.89. The second-order valence-electron chi connectivity index (χ2n) is 8.96. The molecule has 174 valence electrons. The average molecular weight is 543 g/mol. The molecule has 31 heavy (non-hydrogen) atoms. The molecule has 1 unspecified atom stereocenters. The number of halogens is 1. The van der Waals surface area contributed by atoms with E-state index >= 15 is 0 Å². The minimum absolute atomic E-state index is 0. The van der Waals surface area contributed by atoms with E-state index in [0.29, 0.717) is 19.1 Å². The first-order valence-electron chi connectivity index (χ1n) is 11.4. The average Bonchev–Trinajstić information content (AvgIpc) is 3.42. The lowest BCUT2D eigenvalue weighted by atomic mass is 9.85. The molecule has 1 aliphatic heterocycles. The Kier molecular flexibility index (Phi) is 10.6. The van der Waals surface area contributed by atoms with Crippen LogP contribution in [-0.4, -0.2) is 68.5 Å². The second kappa shape index (κ2) is 12.6. The summed E-state index contributed by atoms with van der Waals surface area (Å²) in [6.07, 6.45) is 5.25. The molecule has 2 fully saturated rings. The highest BCUT2D eigenvalue weighted by Crippen LogP contribution is 2.39. The molecule has 1 aliphatic carbocycles. The van der Waals surface area contributed by atoms with Gasteiger partial charge in [-0.3, -0.25) is 9.79 Å². The van der Waals surface area contributed by atoms with Gasteiger partial charge >= 0.3 is 0 Å². The standard InChI is InChI=1S/C24H38N4O2.HI/c1-4-25-23(26-19-24(13-8-9-14-24)22(29)27(2)3)28-15-12-21(16-28)18-30-17-20-10-6-5-7-11-20;/h5-7,10-11,21H,4,8-9,12-19H2,1-3H3,(H,25,26);1H. The molecule has 6 nitrogen and oxygen atoms in total. The summed E-state index contributed by atoms with van der Waals surface area (Å²) in [4.78, 5) is 21.9. The van der Waals surface area contributed by atoms with Crippen molar-refractivity contribution in [2.45, 2.75) is 45.6 Å². The van der Waals surface area contributed by atoms with E-state index in [1.54, 1.807) is 4.90 Å². The van der Waals surface area contributed by atoms with Crippen molar-refractivity contribution in [2.75, 3.05) is 46.9 Å². The van der Waals surface area contributed by atoms with Gasteiger partial charge in [0.1, 0.15) is 0 Å². The zero-order valence-electron chi connectivity index (χ0n) is 19.3. The minimum Gasteiger partial charge on any atom is -0.376 e. The molecule has 1 atom stereocenters. The highest BCUT2D eigenvalue weighted by molar-refractivity contribution is 14.0. The van der Waals surface area contributed by atoms with Crippen LogP contribution in [-0.2, 0) is 16.1 Å². The zero-order chi connectivity index (χ0) is 21.4. The summed E-state index contributed by atoms with van der Waals surface area (Å²) in [7, 11) is 3.72. The van der Waals surface area contributed by atoms with Crippen LogP contribution in [0.3, 0.4) is 0 Å². The minimum atomic E-state index is -0.317. The van der Waals surface area contributed by atoms with Gasteiger partial charge in [-0.25, -0.2) is 0 Å². The van der Waals surface area contributed by atoms with Gasteiger partial charge < -0.3 is 19.9 Å². The number of nitrogens with zero attached hydrogens (tertiary/aromatic N) is 3. The van der Waals surface area contributed by atoms with Gasteiger partial charge in [0.25, 0.3) is 0 Å². The molecule has 0 bridgehead atoms. The van der Waals surface area contributed by atoms with E-state index in [1.807, 2.05) is 32.3 Å². The molecule has 0 aromatic heterocycles. The van der Waals surface area contributed by atoms with Crippen LogP contribution in [0.1, 0.15) is 44.6 Å². The molecule has 7 heteroatoms. The van der Waals surface area contributed by atoms with Crippen LogP contribution >= 0.6 is 24.0 Å². The first-order valence-corrected chi connectivity index (χ1v) is 11.4. The quantitative estimate of drug-likeness (QED) is 0.309. The summed E-state index contributed by atoms with van der Waals surface area (Å²) in [6, 6.07) is 10.3. The number of hydrogen-bond acceptors (Lipinski definition) is 3. The van der Waals surface area contributed by atoms with Crippen LogP contribution in [0, 0.1) is 11.3 Å². The molecule has 1 N–H and O–H groups in total.